The number of carbonyl (C=O) groups is 1. The van der Waals surface area contributed by atoms with Gasteiger partial charge in [-0.3, -0.25) is 24.7 Å². The number of amides is 1. The van der Waals surface area contributed by atoms with Gasteiger partial charge in [0.1, 0.15) is 0 Å². The molecular formula is C22H24ClN5O3. The zero-order valence-electron chi connectivity index (χ0n) is 17.0. The number of hydrogen-bond acceptors (Lipinski definition) is 6. The van der Waals surface area contributed by atoms with Gasteiger partial charge in [-0.05, 0) is 35.9 Å². The lowest BCUT2D eigenvalue weighted by atomic mass is 10.2. The number of benzene rings is 2. The number of nitro groups is 1. The highest BCUT2D eigenvalue weighted by molar-refractivity contribution is 6.30. The van der Waals surface area contributed by atoms with Gasteiger partial charge in [-0.1, -0.05) is 35.9 Å². The fourth-order valence-corrected chi connectivity index (χ4v) is 3.41. The Hall–Kier alpha value is -3.07. The molecule has 162 valence electrons. The molecule has 0 aromatic heterocycles. The van der Waals surface area contributed by atoms with Gasteiger partial charge in [-0.25, -0.2) is 5.43 Å². The summed E-state index contributed by atoms with van der Waals surface area (Å²) in [6, 6.07) is 14.3. The van der Waals surface area contributed by atoms with Crippen LogP contribution in [0, 0.1) is 10.1 Å². The van der Waals surface area contributed by atoms with E-state index in [9.17, 15) is 14.9 Å². The molecule has 1 saturated heterocycles. The van der Waals surface area contributed by atoms with Crippen LogP contribution in [0.5, 0.6) is 0 Å². The number of hydrazone groups is 1. The van der Waals surface area contributed by atoms with Crippen molar-refractivity contribution in [3.8, 4) is 0 Å². The van der Waals surface area contributed by atoms with Crippen LogP contribution in [0.4, 0.5) is 5.69 Å². The smallest absolute Gasteiger partial charge is 0.276 e. The SMILES string of the molecule is O=C(CN1CCN(Cc2ccc(Cl)cc2)CC1)N/N=C\C=C\c1ccccc1[N+](=O)[O-]. The average molecular weight is 442 g/mol. The van der Waals surface area contributed by atoms with Crippen LogP contribution < -0.4 is 5.43 Å². The molecule has 2 aromatic carbocycles. The Morgan fingerprint density at radius 2 is 1.77 bits per heavy atom. The first-order valence-electron chi connectivity index (χ1n) is 9.92. The van der Waals surface area contributed by atoms with Gasteiger partial charge in [0.2, 0.25) is 0 Å². The van der Waals surface area contributed by atoms with Crippen LogP contribution in [0.15, 0.2) is 59.7 Å². The summed E-state index contributed by atoms with van der Waals surface area (Å²) in [5, 5.41) is 15.6. The lowest BCUT2D eigenvalue weighted by Gasteiger charge is -2.34. The van der Waals surface area contributed by atoms with Crippen molar-refractivity contribution in [2.75, 3.05) is 32.7 Å². The summed E-state index contributed by atoms with van der Waals surface area (Å²) in [6.45, 7) is 4.54. The van der Waals surface area contributed by atoms with E-state index in [-0.39, 0.29) is 18.1 Å². The Morgan fingerprint density at radius 3 is 2.48 bits per heavy atom. The van der Waals surface area contributed by atoms with Gasteiger partial charge in [-0.15, -0.1) is 0 Å². The molecule has 1 heterocycles. The molecule has 0 bridgehead atoms. The standard InChI is InChI=1S/C22H24ClN5O3/c23-20-9-7-18(8-10-20)16-26-12-14-27(15-13-26)17-22(29)25-24-11-3-5-19-4-1-2-6-21(19)28(30)31/h1-11H,12-17H2,(H,25,29)/b5-3+,24-11-. The fourth-order valence-electron chi connectivity index (χ4n) is 3.29. The van der Waals surface area contributed by atoms with E-state index in [2.05, 4.69) is 20.3 Å². The van der Waals surface area contributed by atoms with E-state index in [1.807, 2.05) is 24.3 Å². The molecule has 2 aromatic rings. The third-order valence-electron chi connectivity index (χ3n) is 4.91. The molecular weight excluding hydrogens is 418 g/mol. The maximum absolute atomic E-state index is 12.1. The minimum atomic E-state index is -0.437. The van der Waals surface area contributed by atoms with Crippen LogP contribution in [0.2, 0.25) is 5.02 Å². The Morgan fingerprint density at radius 1 is 1.10 bits per heavy atom. The predicted molar refractivity (Wildman–Crippen MR) is 122 cm³/mol. The number of carbonyl (C=O) groups excluding carboxylic acids is 1. The lowest BCUT2D eigenvalue weighted by Crippen LogP contribution is -2.48. The summed E-state index contributed by atoms with van der Waals surface area (Å²) in [4.78, 5) is 27.1. The van der Waals surface area contributed by atoms with Crippen LogP contribution in [-0.4, -0.2) is 59.6 Å². The first-order valence-corrected chi connectivity index (χ1v) is 10.3. The highest BCUT2D eigenvalue weighted by atomic mass is 35.5. The maximum Gasteiger partial charge on any atom is 0.276 e. The van der Waals surface area contributed by atoms with Crippen molar-refractivity contribution in [3.05, 3.63) is 80.9 Å². The third kappa shape index (κ3) is 7.29. The number of nitrogens with zero attached hydrogens (tertiary/aromatic N) is 4. The van der Waals surface area contributed by atoms with E-state index < -0.39 is 4.92 Å². The predicted octanol–water partition coefficient (Wildman–Crippen LogP) is 3.18. The average Bonchev–Trinajstić information content (AvgIpc) is 2.76. The van der Waals surface area contributed by atoms with Gasteiger partial charge in [-0.2, -0.15) is 5.10 Å². The Bertz CT molecular complexity index is 954. The van der Waals surface area contributed by atoms with Crippen LogP contribution in [0.3, 0.4) is 0 Å². The molecule has 1 fully saturated rings. The maximum atomic E-state index is 12.1. The number of piperazine rings is 1. The van der Waals surface area contributed by atoms with Crippen molar-refractivity contribution in [2.45, 2.75) is 6.54 Å². The normalized spacial score (nSPS) is 15.5. The van der Waals surface area contributed by atoms with E-state index >= 15 is 0 Å². The number of rotatable bonds is 8. The Labute approximate surface area is 185 Å². The van der Waals surface area contributed by atoms with E-state index in [0.717, 1.165) is 37.7 Å². The molecule has 0 atom stereocenters. The number of nitro benzene ring substituents is 1. The molecule has 1 N–H and O–H groups in total. The molecule has 3 rings (SSSR count). The second-order valence-corrected chi connectivity index (χ2v) is 7.60. The summed E-state index contributed by atoms with van der Waals surface area (Å²) >= 11 is 5.93. The number of hydrogen-bond donors (Lipinski definition) is 1. The van der Waals surface area contributed by atoms with Crippen molar-refractivity contribution in [1.29, 1.82) is 0 Å². The van der Waals surface area contributed by atoms with Gasteiger partial charge in [0.05, 0.1) is 17.0 Å². The van der Waals surface area contributed by atoms with Gasteiger partial charge >= 0.3 is 0 Å². The Kier molecular flexibility index (Phi) is 8.28. The molecule has 1 aliphatic rings. The van der Waals surface area contributed by atoms with Gasteiger partial charge < -0.3 is 0 Å². The molecule has 0 radical (unpaired) electrons. The molecule has 1 amide bonds. The second-order valence-electron chi connectivity index (χ2n) is 7.17. The topological polar surface area (TPSA) is 91.1 Å². The Balaban J connectivity index is 1.37. The molecule has 0 saturated carbocycles. The minimum Gasteiger partial charge on any atom is -0.297 e. The minimum absolute atomic E-state index is 0.0198. The molecule has 0 unspecified atom stereocenters. The van der Waals surface area contributed by atoms with Crippen molar-refractivity contribution in [3.63, 3.8) is 0 Å². The zero-order chi connectivity index (χ0) is 22.1. The lowest BCUT2D eigenvalue weighted by molar-refractivity contribution is -0.385. The zero-order valence-corrected chi connectivity index (χ0v) is 17.7. The van der Waals surface area contributed by atoms with E-state index in [1.54, 1.807) is 30.4 Å². The van der Waals surface area contributed by atoms with Crippen LogP contribution in [-0.2, 0) is 11.3 Å². The highest BCUT2D eigenvalue weighted by Gasteiger charge is 2.18. The summed E-state index contributed by atoms with van der Waals surface area (Å²) in [7, 11) is 0. The largest absolute Gasteiger partial charge is 0.297 e. The number of allylic oxidation sites excluding steroid dienone is 1. The molecule has 0 spiro atoms. The second kappa shape index (κ2) is 11.4. The summed E-state index contributed by atoms with van der Waals surface area (Å²) in [5.74, 6) is -0.193. The van der Waals surface area contributed by atoms with Gasteiger partial charge in [0.25, 0.3) is 11.6 Å². The highest BCUT2D eigenvalue weighted by Crippen LogP contribution is 2.18. The molecule has 1 aliphatic heterocycles. The van der Waals surface area contributed by atoms with E-state index in [4.69, 9.17) is 11.6 Å². The van der Waals surface area contributed by atoms with Crippen molar-refractivity contribution in [1.82, 2.24) is 15.2 Å². The van der Waals surface area contributed by atoms with Crippen LogP contribution in [0.25, 0.3) is 6.08 Å². The van der Waals surface area contributed by atoms with E-state index in [0.29, 0.717) is 5.56 Å². The third-order valence-corrected chi connectivity index (χ3v) is 5.16. The summed E-state index contributed by atoms with van der Waals surface area (Å²) in [6.07, 6.45) is 4.53. The molecule has 9 heteroatoms. The van der Waals surface area contributed by atoms with Crippen molar-refractivity contribution < 1.29 is 9.72 Å². The fraction of sp³-hybridized carbons (Fsp3) is 0.273. The quantitative estimate of drug-likeness (QED) is 0.386. The monoisotopic (exact) mass is 441 g/mol. The summed E-state index contributed by atoms with van der Waals surface area (Å²) in [5.41, 5.74) is 4.20. The first kappa shape index (κ1) is 22.6. The molecule has 31 heavy (non-hydrogen) atoms. The van der Waals surface area contributed by atoms with Gasteiger partial charge in [0.15, 0.2) is 0 Å². The van der Waals surface area contributed by atoms with Gasteiger partial charge in [0, 0.05) is 50.0 Å². The van der Waals surface area contributed by atoms with Crippen LogP contribution in [0.1, 0.15) is 11.1 Å². The molecule has 8 nitrogen and oxygen atoms in total. The first-order chi connectivity index (χ1) is 15.0. The van der Waals surface area contributed by atoms with E-state index in [1.165, 1.54) is 17.8 Å². The number of nitrogens with one attached hydrogen (secondary N) is 1. The number of halogens is 1. The van der Waals surface area contributed by atoms with Crippen molar-refractivity contribution >= 4 is 35.5 Å². The summed E-state index contributed by atoms with van der Waals surface area (Å²) < 4.78 is 0. The molecule has 0 aliphatic carbocycles. The van der Waals surface area contributed by atoms with Crippen molar-refractivity contribution in [2.24, 2.45) is 5.10 Å². The van der Waals surface area contributed by atoms with Crippen LogP contribution >= 0.6 is 11.6 Å². The number of para-hydroxylation sites is 1.